The molecule has 2 heterocycles. The molecule has 2 aliphatic rings. The highest BCUT2D eigenvalue weighted by atomic mass is 16.2. The van der Waals surface area contributed by atoms with Crippen LogP contribution in [-0.2, 0) is 4.79 Å². The SMILES string of the molecule is CN1C=CCC1.CN1CCCC1=O. The van der Waals surface area contributed by atoms with Gasteiger partial charge in [0.15, 0.2) is 0 Å². The maximum atomic E-state index is 10.5. The van der Waals surface area contributed by atoms with Crippen LogP contribution in [0.5, 0.6) is 0 Å². The number of carbonyl (C=O) groups excluding carboxylic acids is 1. The molecule has 0 spiro atoms. The largest absolute Gasteiger partial charge is 0.380 e. The van der Waals surface area contributed by atoms with E-state index in [-0.39, 0.29) is 0 Å². The standard InChI is InChI=1S/C5H9NO.C5H9N/c1-6-4-2-3-5(6)7;1-6-4-2-3-5-6/h2-4H2,1H3;2,4H,3,5H2,1H3. The van der Waals surface area contributed by atoms with E-state index in [1.165, 1.54) is 13.0 Å². The highest BCUT2D eigenvalue weighted by molar-refractivity contribution is 5.77. The van der Waals surface area contributed by atoms with Gasteiger partial charge >= 0.3 is 0 Å². The van der Waals surface area contributed by atoms with Gasteiger partial charge in [-0.1, -0.05) is 6.08 Å². The first-order valence-corrected chi connectivity index (χ1v) is 4.81. The molecule has 2 aliphatic heterocycles. The Labute approximate surface area is 80.0 Å². The highest BCUT2D eigenvalue weighted by Gasteiger charge is 2.14. The van der Waals surface area contributed by atoms with E-state index in [0.717, 1.165) is 19.4 Å². The summed E-state index contributed by atoms with van der Waals surface area (Å²) >= 11 is 0. The van der Waals surface area contributed by atoms with Gasteiger partial charge < -0.3 is 9.80 Å². The van der Waals surface area contributed by atoms with Crippen molar-refractivity contribution in [2.24, 2.45) is 0 Å². The average molecular weight is 182 g/mol. The molecule has 3 nitrogen and oxygen atoms in total. The molecule has 0 unspecified atom stereocenters. The first kappa shape index (κ1) is 10.1. The van der Waals surface area contributed by atoms with Gasteiger partial charge in [0.25, 0.3) is 0 Å². The van der Waals surface area contributed by atoms with Crippen molar-refractivity contribution in [3.05, 3.63) is 12.3 Å². The number of hydrogen-bond donors (Lipinski definition) is 0. The molecular formula is C10H18N2O. The maximum absolute atomic E-state index is 10.5. The van der Waals surface area contributed by atoms with Gasteiger partial charge in [0.05, 0.1) is 0 Å². The summed E-state index contributed by atoms with van der Waals surface area (Å²) in [6.45, 7) is 2.17. The zero-order chi connectivity index (χ0) is 9.68. The summed E-state index contributed by atoms with van der Waals surface area (Å²) in [5.41, 5.74) is 0. The summed E-state index contributed by atoms with van der Waals surface area (Å²) < 4.78 is 0. The Hall–Kier alpha value is -0.990. The van der Waals surface area contributed by atoms with E-state index in [2.05, 4.69) is 24.2 Å². The monoisotopic (exact) mass is 182 g/mol. The molecule has 3 heteroatoms. The zero-order valence-corrected chi connectivity index (χ0v) is 8.49. The fourth-order valence-electron chi connectivity index (χ4n) is 1.39. The molecular weight excluding hydrogens is 164 g/mol. The lowest BCUT2D eigenvalue weighted by Gasteiger charge is -2.03. The van der Waals surface area contributed by atoms with E-state index < -0.39 is 0 Å². The minimum atomic E-state index is 0.292. The molecule has 1 fully saturated rings. The molecule has 0 aromatic carbocycles. The fraction of sp³-hybridized carbons (Fsp3) is 0.700. The van der Waals surface area contributed by atoms with Crippen LogP contribution in [0, 0.1) is 0 Å². The normalized spacial score (nSPS) is 20.6. The minimum Gasteiger partial charge on any atom is -0.380 e. The van der Waals surface area contributed by atoms with Crippen molar-refractivity contribution in [2.75, 3.05) is 27.2 Å². The first-order chi connectivity index (χ1) is 6.20. The Morgan fingerprint density at radius 3 is 2.23 bits per heavy atom. The van der Waals surface area contributed by atoms with Crippen molar-refractivity contribution >= 4 is 5.91 Å². The van der Waals surface area contributed by atoms with Crippen LogP contribution >= 0.6 is 0 Å². The fourth-order valence-corrected chi connectivity index (χ4v) is 1.39. The Morgan fingerprint density at radius 1 is 1.31 bits per heavy atom. The van der Waals surface area contributed by atoms with Crippen LogP contribution in [0.1, 0.15) is 19.3 Å². The number of nitrogens with zero attached hydrogens (tertiary/aromatic N) is 2. The lowest BCUT2D eigenvalue weighted by atomic mass is 10.4. The van der Waals surface area contributed by atoms with E-state index >= 15 is 0 Å². The molecule has 0 aliphatic carbocycles. The summed E-state index contributed by atoms with van der Waals surface area (Å²) in [6.07, 6.45) is 7.34. The number of amides is 1. The summed E-state index contributed by atoms with van der Waals surface area (Å²) in [7, 11) is 3.93. The Kier molecular flexibility index (Phi) is 3.80. The van der Waals surface area contributed by atoms with Crippen molar-refractivity contribution in [3.63, 3.8) is 0 Å². The van der Waals surface area contributed by atoms with Gasteiger partial charge in [0.1, 0.15) is 0 Å². The van der Waals surface area contributed by atoms with Crippen LogP contribution in [0.25, 0.3) is 0 Å². The number of carbonyl (C=O) groups is 1. The summed E-state index contributed by atoms with van der Waals surface area (Å²) in [4.78, 5) is 14.4. The molecule has 0 aromatic rings. The third kappa shape index (κ3) is 3.49. The molecule has 0 bridgehead atoms. The average Bonchev–Trinajstić information content (AvgIpc) is 2.67. The predicted octanol–water partition coefficient (Wildman–Crippen LogP) is 1.07. The van der Waals surface area contributed by atoms with Crippen LogP contribution in [-0.4, -0.2) is 42.9 Å². The van der Waals surface area contributed by atoms with Gasteiger partial charge in [0.2, 0.25) is 5.91 Å². The molecule has 1 amide bonds. The molecule has 1 saturated heterocycles. The molecule has 74 valence electrons. The van der Waals surface area contributed by atoms with Crippen molar-refractivity contribution in [1.82, 2.24) is 9.80 Å². The third-order valence-corrected chi connectivity index (χ3v) is 2.32. The summed E-state index contributed by atoms with van der Waals surface area (Å²) in [5, 5.41) is 0. The van der Waals surface area contributed by atoms with E-state index in [1.54, 1.807) is 4.90 Å². The third-order valence-electron chi connectivity index (χ3n) is 2.32. The van der Waals surface area contributed by atoms with Gasteiger partial charge in [-0.05, 0) is 19.0 Å². The summed E-state index contributed by atoms with van der Waals surface area (Å²) in [5.74, 6) is 0.292. The Balaban J connectivity index is 0.000000132. The Morgan fingerprint density at radius 2 is 2.08 bits per heavy atom. The second kappa shape index (κ2) is 4.90. The lowest BCUT2D eigenvalue weighted by Crippen LogP contribution is -2.17. The van der Waals surface area contributed by atoms with Crippen molar-refractivity contribution < 1.29 is 4.79 Å². The molecule has 0 atom stereocenters. The molecule has 0 radical (unpaired) electrons. The van der Waals surface area contributed by atoms with E-state index in [0.29, 0.717) is 5.91 Å². The van der Waals surface area contributed by atoms with Crippen molar-refractivity contribution in [1.29, 1.82) is 0 Å². The van der Waals surface area contributed by atoms with Gasteiger partial charge in [-0.25, -0.2) is 0 Å². The number of likely N-dealkylation sites (tertiary alicyclic amines) is 1. The molecule has 0 saturated carbocycles. The van der Waals surface area contributed by atoms with Crippen LogP contribution in [0.4, 0.5) is 0 Å². The van der Waals surface area contributed by atoms with Crippen LogP contribution in [0.2, 0.25) is 0 Å². The quantitative estimate of drug-likeness (QED) is 0.559. The van der Waals surface area contributed by atoms with Gasteiger partial charge in [0, 0.05) is 33.6 Å². The van der Waals surface area contributed by atoms with Gasteiger partial charge in [-0.15, -0.1) is 0 Å². The smallest absolute Gasteiger partial charge is 0.222 e. The van der Waals surface area contributed by atoms with Gasteiger partial charge in [-0.3, -0.25) is 4.79 Å². The van der Waals surface area contributed by atoms with Gasteiger partial charge in [-0.2, -0.15) is 0 Å². The van der Waals surface area contributed by atoms with Crippen molar-refractivity contribution in [3.8, 4) is 0 Å². The number of hydrogen-bond acceptors (Lipinski definition) is 2. The molecule has 2 rings (SSSR count). The maximum Gasteiger partial charge on any atom is 0.222 e. The minimum absolute atomic E-state index is 0.292. The van der Waals surface area contributed by atoms with Crippen LogP contribution in [0.3, 0.4) is 0 Å². The second-order valence-corrected chi connectivity index (χ2v) is 3.57. The Bertz CT molecular complexity index is 201. The highest BCUT2D eigenvalue weighted by Crippen LogP contribution is 2.04. The van der Waals surface area contributed by atoms with E-state index in [1.807, 2.05) is 7.05 Å². The topological polar surface area (TPSA) is 23.6 Å². The second-order valence-electron chi connectivity index (χ2n) is 3.57. The zero-order valence-electron chi connectivity index (χ0n) is 8.49. The van der Waals surface area contributed by atoms with Crippen molar-refractivity contribution in [2.45, 2.75) is 19.3 Å². The summed E-state index contributed by atoms with van der Waals surface area (Å²) in [6, 6.07) is 0. The first-order valence-electron chi connectivity index (χ1n) is 4.81. The molecule has 0 aromatic heterocycles. The number of rotatable bonds is 0. The van der Waals surface area contributed by atoms with Crippen LogP contribution in [0.15, 0.2) is 12.3 Å². The van der Waals surface area contributed by atoms with E-state index in [9.17, 15) is 4.79 Å². The van der Waals surface area contributed by atoms with Crippen LogP contribution < -0.4 is 0 Å². The molecule has 0 N–H and O–H groups in total. The van der Waals surface area contributed by atoms with E-state index in [4.69, 9.17) is 0 Å². The lowest BCUT2D eigenvalue weighted by molar-refractivity contribution is -0.126. The predicted molar refractivity (Wildman–Crippen MR) is 53.3 cm³/mol. The molecule has 13 heavy (non-hydrogen) atoms.